The third-order valence-electron chi connectivity index (χ3n) is 6.37. The first-order chi connectivity index (χ1) is 16.4. The van der Waals surface area contributed by atoms with Gasteiger partial charge in [0.1, 0.15) is 17.1 Å². The van der Waals surface area contributed by atoms with Gasteiger partial charge in [0.25, 0.3) is 5.91 Å². The average molecular weight is 500 g/mol. The van der Waals surface area contributed by atoms with E-state index in [2.05, 4.69) is 5.32 Å². The van der Waals surface area contributed by atoms with Gasteiger partial charge in [-0.2, -0.15) is 0 Å². The Kier molecular flexibility index (Phi) is 6.44. The second-order valence-electron chi connectivity index (χ2n) is 8.85. The minimum atomic E-state index is -1.20. The fourth-order valence-corrected chi connectivity index (χ4v) is 6.47. The number of amides is 3. The predicted octanol–water partition coefficient (Wildman–Crippen LogP) is 2.09. The molecule has 1 saturated carbocycles. The van der Waals surface area contributed by atoms with E-state index in [1.54, 1.807) is 6.08 Å². The molecule has 0 bridgehead atoms. The molecular formula is C24H25N3O5S2. The first kappa shape index (κ1) is 23.0. The van der Waals surface area contributed by atoms with Crippen LogP contribution in [0.4, 0.5) is 0 Å². The van der Waals surface area contributed by atoms with Crippen LogP contribution in [0, 0.1) is 5.92 Å². The van der Waals surface area contributed by atoms with Crippen molar-refractivity contribution in [1.29, 1.82) is 0 Å². The maximum absolute atomic E-state index is 12.8. The normalized spacial score (nSPS) is 25.5. The minimum absolute atomic E-state index is 0.0349. The van der Waals surface area contributed by atoms with E-state index in [1.165, 1.54) is 28.4 Å². The Morgan fingerprint density at radius 1 is 1.21 bits per heavy atom. The van der Waals surface area contributed by atoms with Crippen molar-refractivity contribution in [2.45, 2.75) is 35.6 Å². The molecule has 1 aromatic carbocycles. The topological polar surface area (TPSA) is 107 Å². The van der Waals surface area contributed by atoms with Crippen LogP contribution in [0.3, 0.4) is 0 Å². The first-order valence-electron chi connectivity index (χ1n) is 11.3. The number of fused-ring (bicyclic) bond motifs is 1. The van der Waals surface area contributed by atoms with E-state index in [9.17, 15) is 24.3 Å². The highest BCUT2D eigenvalue weighted by Crippen LogP contribution is 2.41. The lowest BCUT2D eigenvalue weighted by Gasteiger charge is -2.49. The summed E-state index contributed by atoms with van der Waals surface area (Å²) in [5.74, 6) is -0.808. The molecule has 3 heterocycles. The van der Waals surface area contributed by atoms with Crippen molar-refractivity contribution in [1.82, 2.24) is 15.1 Å². The number of rotatable bonds is 8. The molecule has 178 valence electrons. The zero-order valence-corrected chi connectivity index (χ0v) is 20.1. The SMILES string of the molecule is O=C(CSc1ccccc1)NC1C(=O)N2C(C(=O)O)=C(C=C3CCN(CC4CC4)C3=O)CSC12. The molecule has 3 aliphatic heterocycles. The van der Waals surface area contributed by atoms with Crippen LogP contribution in [0.2, 0.25) is 0 Å². The fraction of sp³-hybridized carbons (Fsp3) is 0.417. The summed E-state index contributed by atoms with van der Waals surface area (Å²) in [4.78, 5) is 54.1. The Hall–Kier alpha value is -2.72. The van der Waals surface area contributed by atoms with Crippen molar-refractivity contribution < 1.29 is 24.3 Å². The molecule has 0 aromatic heterocycles. The smallest absolute Gasteiger partial charge is 0.352 e. The lowest BCUT2D eigenvalue weighted by atomic mass is 10.0. The van der Waals surface area contributed by atoms with E-state index in [0.29, 0.717) is 35.8 Å². The monoisotopic (exact) mass is 499 g/mol. The number of allylic oxidation sites excluding steroid dienone is 1. The first-order valence-corrected chi connectivity index (χ1v) is 13.3. The molecule has 2 atom stereocenters. The summed E-state index contributed by atoms with van der Waals surface area (Å²) >= 11 is 2.79. The van der Waals surface area contributed by atoms with Crippen LogP contribution >= 0.6 is 23.5 Å². The molecule has 1 aromatic rings. The number of aliphatic carboxylic acids is 1. The molecule has 0 spiro atoms. The number of nitrogens with zero attached hydrogens (tertiary/aromatic N) is 2. The van der Waals surface area contributed by atoms with Crippen LogP contribution in [-0.2, 0) is 19.2 Å². The number of β-lactam (4-membered cyclic amide) rings is 1. The number of nitrogens with one attached hydrogen (secondary N) is 1. The van der Waals surface area contributed by atoms with Crippen LogP contribution in [0.1, 0.15) is 19.3 Å². The lowest BCUT2D eigenvalue weighted by Crippen LogP contribution is -2.70. The summed E-state index contributed by atoms with van der Waals surface area (Å²) in [5, 5.41) is 12.2. The summed E-state index contributed by atoms with van der Waals surface area (Å²) in [6.07, 6.45) is 4.57. The number of benzene rings is 1. The van der Waals surface area contributed by atoms with Gasteiger partial charge in [-0.25, -0.2) is 4.79 Å². The van der Waals surface area contributed by atoms with Gasteiger partial charge in [0.15, 0.2) is 0 Å². The summed E-state index contributed by atoms with van der Waals surface area (Å²) in [7, 11) is 0. The van der Waals surface area contributed by atoms with E-state index in [4.69, 9.17) is 0 Å². The number of carbonyl (C=O) groups is 4. The molecule has 3 fully saturated rings. The highest BCUT2D eigenvalue weighted by Gasteiger charge is 2.54. The van der Waals surface area contributed by atoms with Crippen LogP contribution in [0.15, 0.2) is 58.1 Å². The van der Waals surface area contributed by atoms with Crippen molar-refractivity contribution in [3.63, 3.8) is 0 Å². The van der Waals surface area contributed by atoms with Crippen molar-refractivity contribution in [2.24, 2.45) is 5.92 Å². The van der Waals surface area contributed by atoms with Gasteiger partial charge in [0.05, 0.1) is 5.75 Å². The summed E-state index contributed by atoms with van der Waals surface area (Å²) in [6.45, 7) is 1.43. The van der Waals surface area contributed by atoms with Crippen LogP contribution in [0.25, 0.3) is 0 Å². The molecule has 4 aliphatic rings. The van der Waals surface area contributed by atoms with E-state index < -0.39 is 23.3 Å². The molecule has 3 amide bonds. The largest absolute Gasteiger partial charge is 0.477 e. The van der Waals surface area contributed by atoms with Gasteiger partial charge in [-0.15, -0.1) is 23.5 Å². The number of carboxylic acid groups (broad SMARTS) is 1. The maximum Gasteiger partial charge on any atom is 0.352 e. The van der Waals surface area contributed by atoms with Gasteiger partial charge in [-0.3, -0.25) is 19.3 Å². The Labute approximate surface area is 205 Å². The van der Waals surface area contributed by atoms with E-state index in [-0.39, 0.29) is 23.3 Å². The lowest BCUT2D eigenvalue weighted by molar-refractivity contribution is -0.150. The van der Waals surface area contributed by atoms with E-state index in [0.717, 1.165) is 24.3 Å². The molecule has 34 heavy (non-hydrogen) atoms. The maximum atomic E-state index is 12.8. The van der Waals surface area contributed by atoms with Gasteiger partial charge in [-0.1, -0.05) is 18.2 Å². The van der Waals surface area contributed by atoms with Gasteiger partial charge in [0, 0.05) is 29.3 Å². The Bertz CT molecular complexity index is 1100. The van der Waals surface area contributed by atoms with Crippen LogP contribution < -0.4 is 5.32 Å². The van der Waals surface area contributed by atoms with Crippen molar-refractivity contribution in [2.75, 3.05) is 24.6 Å². The highest BCUT2D eigenvalue weighted by atomic mass is 32.2. The van der Waals surface area contributed by atoms with Crippen LogP contribution in [-0.4, -0.2) is 74.6 Å². The Morgan fingerprint density at radius 3 is 2.68 bits per heavy atom. The zero-order valence-electron chi connectivity index (χ0n) is 18.4. The number of carbonyl (C=O) groups excluding carboxylic acids is 3. The molecule has 2 N–H and O–H groups in total. The van der Waals surface area contributed by atoms with Gasteiger partial charge in [0.2, 0.25) is 11.8 Å². The molecule has 5 rings (SSSR count). The minimum Gasteiger partial charge on any atom is -0.477 e. The number of hydrogen-bond acceptors (Lipinski definition) is 6. The third kappa shape index (κ3) is 4.61. The fourth-order valence-electron chi connectivity index (χ4n) is 4.43. The van der Waals surface area contributed by atoms with Gasteiger partial charge >= 0.3 is 5.97 Å². The molecule has 2 saturated heterocycles. The quantitative estimate of drug-likeness (QED) is 0.320. The second kappa shape index (κ2) is 9.50. The molecular weight excluding hydrogens is 474 g/mol. The number of carboxylic acids is 1. The van der Waals surface area contributed by atoms with Crippen LogP contribution in [0.5, 0.6) is 0 Å². The second-order valence-corrected chi connectivity index (χ2v) is 11.0. The Morgan fingerprint density at radius 2 is 1.97 bits per heavy atom. The summed E-state index contributed by atoms with van der Waals surface area (Å²) in [5.41, 5.74) is 0.992. The third-order valence-corrected chi connectivity index (χ3v) is 8.68. The molecule has 0 radical (unpaired) electrons. The zero-order chi connectivity index (χ0) is 23.8. The molecule has 10 heteroatoms. The van der Waals surface area contributed by atoms with E-state index >= 15 is 0 Å². The standard InChI is InChI=1S/C24H25N3O5S2/c28-18(13-33-17-4-2-1-3-5-17)25-19-22(30)27-20(24(31)32)16(12-34-23(19)27)10-15-8-9-26(21(15)29)11-14-6-7-14/h1-5,10,14,19,23H,6-9,11-13H2,(H,25,28)(H,31,32). The van der Waals surface area contributed by atoms with E-state index in [1.807, 2.05) is 35.2 Å². The molecule has 2 unspecified atom stereocenters. The number of hydrogen-bond donors (Lipinski definition) is 2. The van der Waals surface area contributed by atoms with Crippen molar-refractivity contribution >= 4 is 47.2 Å². The van der Waals surface area contributed by atoms with Gasteiger partial charge in [-0.05, 0) is 49.0 Å². The average Bonchev–Trinajstić information content (AvgIpc) is 3.60. The molecule has 8 nitrogen and oxygen atoms in total. The van der Waals surface area contributed by atoms with Crippen molar-refractivity contribution in [3.05, 3.63) is 53.3 Å². The summed E-state index contributed by atoms with van der Waals surface area (Å²) < 4.78 is 0. The predicted molar refractivity (Wildman–Crippen MR) is 129 cm³/mol. The molecule has 1 aliphatic carbocycles. The Balaban J connectivity index is 1.25. The highest BCUT2D eigenvalue weighted by molar-refractivity contribution is 8.00. The number of likely N-dealkylation sites (tertiary alicyclic amines) is 1. The van der Waals surface area contributed by atoms with Crippen molar-refractivity contribution in [3.8, 4) is 0 Å². The number of thioether (sulfide) groups is 2. The van der Waals surface area contributed by atoms with Gasteiger partial charge < -0.3 is 15.3 Å². The summed E-state index contributed by atoms with van der Waals surface area (Å²) in [6, 6.07) is 8.75.